The van der Waals surface area contributed by atoms with E-state index in [0.717, 1.165) is 17.5 Å². The minimum absolute atomic E-state index is 0. The van der Waals surface area contributed by atoms with Crippen LogP contribution < -0.4 is 42.4 Å². The lowest BCUT2D eigenvalue weighted by molar-refractivity contribution is -0.00000964. The highest BCUT2D eigenvalue weighted by atomic mass is 79.9. The van der Waals surface area contributed by atoms with Crippen molar-refractivity contribution < 1.29 is 31.2 Å². The van der Waals surface area contributed by atoms with Crippen LogP contribution in [0.5, 0.6) is 11.5 Å². The average Bonchev–Trinajstić information content (AvgIpc) is 2.87. The minimum atomic E-state index is -2.03. The average molecular weight is 523 g/mol. The van der Waals surface area contributed by atoms with Crippen LogP contribution in [-0.2, 0) is 10.9 Å². The van der Waals surface area contributed by atoms with E-state index >= 15 is 0 Å². The van der Waals surface area contributed by atoms with Crippen LogP contribution in [0.15, 0.2) is 109 Å². The highest BCUT2D eigenvalue weighted by Gasteiger charge is 2.46. The summed E-state index contributed by atoms with van der Waals surface area (Å²) in [6, 6.07) is 38.6. The molecule has 0 aromatic heterocycles. The summed E-state index contributed by atoms with van der Waals surface area (Å²) in [4.78, 5) is 0. The molecule has 0 saturated carbocycles. The lowest BCUT2D eigenvalue weighted by Gasteiger charge is -2.28. The van der Waals surface area contributed by atoms with Crippen molar-refractivity contribution in [2.24, 2.45) is 0 Å². The Bertz CT molecular complexity index is 1030. The van der Waals surface area contributed by atoms with E-state index in [9.17, 15) is 0 Å². The van der Waals surface area contributed by atoms with Crippen LogP contribution in [0.2, 0.25) is 0 Å². The largest absolute Gasteiger partial charge is 1.00 e. The number of benzene rings is 4. The second-order valence-corrected chi connectivity index (χ2v) is 11.0. The molecule has 0 aliphatic rings. The van der Waals surface area contributed by atoms with Gasteiger partial charge in [-0.1, -0.05) is 66.7 Å². The predicted molar refractivity (Wildman–Crippen MR) is 134 cm³/mol. The highest BCUT2D eigenvalue weighted by molar-refractivity contribution is 7.95. The van der Waals surface area contributed by atoms with Gasteiger partial charge in [0.1, 0.15) is 29.3 Å². The van der Waals surface area contributed by atoms with Crippen molar-refractivity contribution in [2.45, 2.75) is 6.16 Å². The molecule has 0 N–H and O–H groups in total. The van der Waals surface area contributed by atoms with Gasteiger partial charge in [-0.3, -0.25) is 0 Å². The Morgan fingerprint density at radius 3 is 1.52 bits per heavy atom. The van der Waals surface area contributed by atoms with E-state index in [0.29, 0.717) is 5.75 Å². The van der Waals surface area contributed by atoms with Crippen LogP contribution in [-0.4, -0.2) is 21.0 Å². The van der Waals surface area contributed by atoms with E-state index in [1.807, 2.05) is 12.1 Å². The van der Waals surface area contributed by atoms with Crippen molar-refractivity contribution in [3.8, 4) is 11.5 Å². The van der Waals surface area contributed by atoms with Crippen molar-refractivity contribution in [2.75, 3.05) is 21.0 Å². The van der Waals surface area contributed by atoms with Crippen molar-refractivity contribution in [3.63, 3.8) is 0 Å². The van der Waals surface area contributed by atoms with Gasteiger partial charge in [-0.05, 0) is 42.5 Å². The highest BCUT2D eigenvalue weighted by Crippen LogP contribution is 2.59. The van der Waals surface area contributed by atoms with Crippen LogP contribution in [0.3, 0.4) is 0 Å². The van der Waals surface area contributed by atoms with E-state index < -0.39 is 7.26 Å². The maximum atomic E-state index is 5.86. The third-order valence-electron chi connectivity index (χ3n) is 5.60. The quantitative estimate of drug-likeness (QED) is 0.249. The number of hydrogen-bond acceptors (Lipinski definition) is 3. The third kappa shape index (κ3) is 5.30. The topological polar surface area (TPSA) is 27.7 Å². The molecule has 0 saturated heterocycles. The van der Waals surface area contributed by atoms with Gasteiger partial charge in [0.2, 0.25) is 0 Å². The second kappa shape index (κ2) is 12.0. The number of methoxy groups -OCH3 is 2. The molecule has 0 radical (unpaired) electrons. The summed E-state index contributed by atoms with van der Waals surface area (Å²) in [7, 11) is 1.29. The first-order chi connectivity index (χ1) is 15.8. The zero-order chi connectivity index (χ0) is 22.2. The Kier molecular flexibility index (Phi) is 9.08. The molecule has 4 aromatic carbocycles. The second-order valence-electron chi connectivity index (χ2n) is 7.47. The molecule has 0 unspecified atom stereocenters. The molecule has 4 rings (SSSR count). The molecule has 0 bridgehead atoms. The Morgan fingerprint density at radius 2 is 1.09 bits per heavy atom. The Morgan fingerprint density at radius 1 is 0.606 bits per heavy atom. The van der Waals surface area contributed by atoms with E-state index in [1.165, 1.54) is 15.9 Å². The molecular formula is C28H28BrO3P. The molecule has 170 valence electrons. The SMILES string of the molecule is COCOc1cccc(C[P+](c2ccccc2)(c2ccccc2)c2ccccc2)c1OC.[Br-]. The van der Waals surface area contributed by atoms with Crippen molar-refractivity contribution in [1.82, 2.24) is 0 Å². The third-order valence-corrected chi connectivity index (χ3v) is 9.95. The van der Waals surface area contributed by atoms with Gasteiger partial charge in [0, 0.05) is 12.7 Å². The molecule has 3 nitrogen and oxygen atoms in total. The lowest BCUT2D eigenvalue weighted by Crippen LogP contribution is -3.00. The van der Waals surface area contributed by atoms with Gasteiger partial charge in [-0.15, -0.1) is 0 Å². The van der Waals surface area contributed by atoms with Crippen molar-refractivity contribution in [1.29, 1.82) is 0 Å². The van der Waals surface area contributed by atoms with Crippen LogP contribution in [0.4, 0.5) is 0 Å². The number of ether oxygens (including phenoxy) is 3. The first-order valence-corrected chi connectivity index (χ1v) is 12.6. The zero-order valence-corrected chi connectivity index (χ0v) is 21.3. The maximum Gasteiger partial charge on any atom is 0.188 e. The van der Waals surface area contributed by atoms with Gasteiger partial charge in [-0.25, -0.2) is 0 Å². The number of hydrogen-bond donors (Lipinski definition) is 0. The zero-order valence-electron chi connectivity index (χ0n) is 18.9. The summed E-state index contributed by atoms with van der Waals surface area (Å²) in [5.74, 6) is 1.45. The summed E-state index contributed by atoms with van der Waals surface area (Å²) < 4.78 is 16.8. The summed E-state index contributed by atoms with van der Waals surface area (Å²) >= 11 is 0. The van der Waals surface area contributed by atoms with Crippen molar-refractivity contribution in [3.05, 3.63) is 115 Å². The molecule has 0 heterocycles. The molecule has 33 heavy (non-hydrogen) atoms. The molecule has 4 aromatic rings. The first-order valence-electron chi connectivity index (χ1n) is 10.6. The van der Waals surface area contributed by atoms with Crippen LogP contribution in [0, 0.1) is 0 Å². The van der Waals surface area contributed by atoms with Gasteiger partial charge in [-0.2, -0.15) is 0 Å². The Hall–Kier alpha value is -2.65. The van der Waals surface area contributed by atoms with Gasteiger partial charge < -0.3 is 31.2 Å². The Labute approximate surface area is 207 Å². The standard InChI is InChI=1S/C28H28O3P.BrH/c1-29-22-31-27-20-12-13-23(28(27)30-2)21-32(24-14-6-3-7-15-24,25-16-8-4-9-17-25)26-18-10-5-11-19-26;/h3-20H,21-22H2,1-2H3;1H/q+1;/p-1. The summed E-state index contributed by atoms with van der Waals surface area (Å²) in [6.45, 7) is 0.177. The van der Waals surface area contributed by atoms with E-state index in [4.69, 9.17) is 14.2 Å². The maximum absolute atomic E-state index is 5.86. The molecule has 0 amide bonds. The van der Waals surface area contributed by atoms with Gasteiger partial charge in [0.25, 0.3) is 0 Å². The summed E-state index contributed by atoms with van der Waals surface area (Å²) in [5.41, 5.74) is 1.12. The molecule has 0 aliphatic carbocycles. The molecule has 0 fully saturated rings. The molecule has 5 heteroatoms. The Balaban J connectivity index is 0.00000306. The number of rotatable bonds is 9. The van der Waals surface area contributed by atoms with Gasteiger partial charge >= 0.3 is 0 Å². The summed E-state index contributed by atoms with van der Waals surface area (Å²) in [6.07, 6.45) is 0.818. The fraction of sp³-hybridized carbons (Fsp3) is 0.143. The fourth-order valence-corrected chi connectivity index (χ4v) is 8.42. The smallest absolute Gasteiger partial charge is 0.188 e. The lowest BCUT2D eigenvalue weighted by atomic mass is 10.2. The number of halogens is 1. The van der Waals surface area contributed by atoms with Crippen LogP contribution >= 0.6 is 7.26 Å². The molecule has 0 atom stereocenters. The summed E-state index contributed by atoms with van der Waals surface area (Å²) in [5, 5.41) is 4.01. The molecule has 0 aliphatic heterocycles. The predicted octanol–water partition coefficient (Wildman–Crippen LogP) is 2.18. The monoisotopic (exact) mass is 522 g/mol. The van der Waals surface area contributed by atoms with E-state index in [2.05, 4.69) is 97.1 Å². The van der Waals surface area contributed by atoms with Crippen LogP contribution in [0.25, 0.3) is 0 Å². The normalized spacial score (nSPS) is 10.8. The van der Waals surface area contributed by atoms with E-state index in [1.54, 1.807) is 14.2 Å². The first kappa shape index (κ1) is 25.0. The molecular weight excluding hydrogens is 495 g/mol. The minimum Gasteiger partial charge on any atom is -1.00 e. The van der Waals surface area contributed by atoms with Gasteiger partial charge in [0.05, 0.1) is 7.11 Å². The fourth-order valence-electron chi connectivity index (χ4n) is 4.18. The van der Waals surface area contributed by atoms with Gasteiger partial charge in [0.15, 0.2) is 18.3 Å². The van der Waals surface area contributed by atoms with Crippen LogP contribution in [0.1, 0.15) is 5.56 Å². The number of para-hydroxylation sites is 1. The van der Waals surface area contributed by atoms with E-state index in [-0.39, 0.29) is 23.8 Å². The van der Waals surface area contributed by atoms with Crippen molar-refractivity contribution >= 4 is 23.2 Å². The molecule has 0 spiro atoms.